The summed E-state index contributed by atoms with van der Waals surface area (Å²) in [5, 5.41) is 7.58. The number of carbonyl (C=O) groups excluding carboxylic acids is 2. The first kappa shape index (κ1) is 14.5. The third-order valence-corrected chi connectivity index (χ3v) is 3.54. The molecule has 0 aliphatic rings. The van der Waals surface area contributed by atoms with E-state index < -0.39 is 0 Å². The lowest BCUT2D eigenvalue weighted by Crippen LogP contribution is -2.23. The van der Waals surface area contributed by atoms with Crippen molar-refractivity contribution in [2.45, 2.75) is 0 Å². The molecular weight excluding hydrogens is 298 g/mol. The quantitative estimate of drug-likeness (QED) is 0.811. The molecule has 0 aliphatic heterocycles. The number of anilines is 2. The fraction of sp³-hybridized carbons (Fsp3) is 0.0769. The number of thiophene rings is 1. The van der Waals surface area contributed by atoms with Gasteiger partial charge in [0.1, 0.15) is 0 Å². The van der Waals surface area contributed by atoms with Crippen molar-refractivity contribution in [3.05, 3.63) is 45.6 Å². The second-order valence-electron chi connectivity index (χ2n) is 3.87. The van der Waals surface area contributed by atoms with Gasteiger partial charge in [0, 0.05) is 5.02 Å². The summed E-state index contributed by atoms with van der Waals surface area (Å²) in [6.07, 6.45) is 0. The molecule has 1 aromatic carbocycles. The van der Waals surface area contributed by atoms with Crippen LogP contribution < -0.4 is 16.4 Å². The van der Waals surface area contributed by atoms with Gasteiger partial charge in [0.25, 0.3) is 5.91 Å². The molecule has 0 unspecified atom stereocenters. The summed E-state index contributed by atoms with van der Waals surface area (Å²) in [6.45, 7) is -0.148. The van der Waals surface area contributed by atoms with Gasteiger partial charge in [-0.2, -0.15) is 0 Å². The average molecular weight is 310 g/mol. The van der Waals surface area contributed by atoms with E-state index in [0.717, 1.165) is 0 Å². The Bertz CT molecular complexity index is 629. The molecule has 0 aliphatic carbocycles. The zero-order valence-electron chi connectivity index (χ0n) is 10.4. The number of nitrogens with two attached hydrogens (primary N) is 1. The van der Waals surface area contributed by atoms with Crippen LogP contribution in [0.4, 0.5) is 11.4 Å². The van der Waals surface area contributed by atoms with Gasteiger partial charge in [-0.1, -0.05) is 17.7 Å². The molecule has 2 amide bonds. The maximum absolute atomic E-state index is 12.0. The van der Waals surface area contributed by atoms with E-state index in [4.69, 9.17) is 17.3 Å². The fourth-order valence-electron chi connectivity index (χ4n) is 1.52. The number of rotatable bonds is 4. The molecule has 0 fully saturated rings. The van der Waals surface area contributed by atoms with Crippen LogP contribution in [-0.2, 0) is 4.79 Å². The minimum atomic E-state index is -0.362. The number of nitrogens with one attached hydrogen (secondary N) is 2. The van der Waals surface area contributed by atoms with Gasteiger partial charge in [0.2, 0.25) is 5.91 Å². The van der Waals surface area contributed by atoms with E-state index in [1.54, 1.807) is 30.3 Å². The molecule has 2 aromatic rings. The molecule has 0 bridgehead atoms. The van der Waals surface area contributed by atoms with Gasteiger partial charge in [-0.25, -0.2) is 0 Å². The van der Waals surface area contributed by atoms with Crippen molar-refractivity contribution in [3.63, 3.8) is 0 Å². The Morgan fingerprint density at radius 2 is 2.00 bits per heavy atom. The molecule has 0 atom stereocenters. The van der Waals surface area contributed by atoms with E-state index in [9.17, 15) is 9.59 Å². The lowest BCUT2D eigenvalue weighted by atomic mass is 10.2. The van der Waals surface area contributed by atoms with Crippen LogP contribution in [0.2, 0.25) is 5.02 Å². The Morgan fingerprint density at radius 1 is 1.20 bits per heavy atom. The smallest absolute Gasteiger partial charge is 0.265 e. The number of hydrogen-bond acceptors (Lipinski definition) is 4. The van der Waals surface area contributed by atoms with E-state index in [0.29, 0.717) is 21.3 Å². The lowest BCUT2D eigenvalue weighted by Gasteiger charge is -2.12. The van der Waals surface area contributed by atoms with Gasteiger partial charge in [0.05, 0.1) is 22.8 Å². The summed E-state index contributed by atoms with van der Waals surface area (Å²) in [5.41, 5.74) is 6.14. The highest BCUT2D eigenvalue weighted by Crippen LogP contribution is 2.26. The largest absolute Gasteiger partial charge is 0.323 e. The van der Waals surface area contributed by atoms with Crippen molar-refractivity contribution in [2.75, 3.05) is 17.2 Å². The Morgan fingerprint density at radius 3 is 2.65 bits per heavy atom. The highest BCUT2D eigenvalue weighted by molar-refractivity contribution is 7.12. The topological polar surface area (TPSA) is 84.2 Å². The van der Waals surface area contributed by atoms with Crippen molar-refractivity contribution in [3.8, 4) is 0 Å². The van der Waals surface area contributed by atoms with Crippen molar-refractivity contribution in [2.24, 2.45) is 5.73 Å². The SMILES string of the molecule is NCC(=O)Nc1cc(Cl)ccc1NC(=O)c1cccs1. The first-order valence-corrected chi connectivity index (χ1v) is 7.00. The number of halogens is 1. The van der Waals surface area contributed by atoms with Crippen molar-refractivity contribution < 1.29 is 9.59 Å². The number of amides is 2. The van der Waals surface area contributed by atoms with Crippen LogP contribution >= 0.6 is 22.9 Å². The zero-order chi connectivity index (χ0) is 14.5. The third-order valence-electron chi connectivity index (χ3n) is 2.43. The molecule has 0 saturated carbocycles. The molecule has 5 nitrogen and oxygen atoms in total. The van der Waals surface area contributed by atoms with Gasteiger partial charge in [-0.15, -0.1) is 11.3 Å². The summed E-state index contributed by atoms with van der Waals surface area (Å²) in [6, 6.07) is 8.31. The van der Waals surface area contributed by atoms with Gasteiger partial charge in [-0.3, -0.25) is 9.59 Å². The van der Waals surface area contributed by atoms with Crippen LogP contribution in [0.15, 0.2) is 35.7 Å². The first-order chi connectivity index (χ1) is 9.60. The van der Waals surface area contributed by atoms with Crippen molar-refractivity contribution in [1.29, 1.82) is 0 Å². The maximum Gasteiger partial charge on any atom is 0.265 e. The Kier molecular flexibility index (Phi) is 4.73. The van der Waals surface area contributed by atoms with Gasteiger partial charge < -0.3 is 16.4 Å². The van der Waals surface area contributed by atoms with Gasteiger partial charge in [0.15, 0.2) is 0 Å². The van der Waals surface area contributed by atoms with Crippen LogP contribution in [0.3, 0.4) is 0 Å². The van der Waals surface area contributed by atoms with E-state index in [1.165, 1.54) is 11.3 Å². The maximum atomic E-state index is 12.0. The molecular formula is C13H12ClN3O2S. The standard InChI is InChI=1S/C13H12ClN3O2S/c14-8-3-4-9(10(6-8)16-12(18)7-15)17-13(19)11-2-1-5-20-11/h1-6H,7,15H2,(H,16,18)(H,17,19). The minimum Gasteiger partial charge on any atom is -0.323 e. The van der Waals surface area contributed by atoms with E-state index in [1.807, 2.05) is 5.38 Å². The summed E-state index contributed by atoms with van der Waals surface area (Å²) in [7, 11) is 0. The second-order valence-corrected chi connectivity index (χ2v) is 5.26. The lowest BCUT2D eigenvalue weighted by molar-refractivity contribution is -0.114. The number of carbonyl (C=O) groups is 2. The minimum absolute atomic E-state index is 0.148. The van der Waals surface area contributed by atoms with Crippen LogP contribution in [0.1, 0.15) is 9.67 Å². The normalized spacial score (nSPS) is 10.1. The highest BCUT2D eigenvalue weighted by Gasteiger charge is 2.11. The van der Waals surface area contributed by atoms with Crippen LogP contribution in [0.25, 0.3) is 0 Å². The molecule has 1 aromatic heterocycles. The number of hydrogen-bond donors (Lipinski definition) is 3. The molecule has 1 heterocycles. The predicted molar refractivity (Wildman–Crippen MR) is 81.4 cm³/mol. The van der Waals surface area contributed by atoms with Crippen LogP contribution in [-0.4, -0.2) is 18.4 Å². The van der Waals surface area contributed by atoms with Crippen LogP contribution in [0.5, 0.6) is 0 Å². The zero-order valence-corrected chi connectivity index (χ0v) is 11.9. The number of benzene rings is 1. The fourth-order valence-corrected chi connectivity index (χ4v) is 2.31. The molecule has 0 spiro atoms. The van der Waals surface area contributed by atoms with Gasteiger partial charge in [-0.05, 0) is 29.6 Å². The van der Waals surface area contributed by atoms with Gasteiger partial charge >= 0.3 is 0 Å². The van der Waals surface area contributed by atoms with E-state index in [-0.39, 0.29) is 18.4 Å². The van der Waals surface area contributed by atoms with E-state index >= 15 is 0 Å². The summed E-state index contributed by atoms with van der Waals surface area (Å²) < 4.78 is 0. The summed E-state index contributed by atoms with van der Waals surface area (Å²) in [4.78, 5) is 23.9. The molecule has 0 saturated heterocycles. The van der Waals surface area contributed by atoms with Crippen LogP contribution in [0, 0.1) is 0 Å². The molecule has 2 rings (SSSR count). The third kappa shape index (κ3) is 3.57. The molecule has 20 heavy (non-hydrogen) atoms. The highest BCUT2D eigenvalue weighted by atomic mass is 35.5. The van der Waals surface area contributed by atoms with Crippen molar-refractivity contribution in [1.82, 2.24) is 0 Å². The van der Waals surface area contributed by atoms with Crippen molar-refractivity contribution >= 4 is 46.1 Å². The summed E-state index contributed by atoms with van der Waals surface area (Å²) >= 11 is 7.22. The monoisotopic (exact) mass is 309 g/mol. The second kappa shape index (κ2) is 6.51. The van der Waals surface area contributed by atoms with E-state index in [2.05, 4.69) is 10.6 Å². The average Bonchev–Trinajstić information content (AvgIpc) is 2.95. The Balaban J connectivity index is 2.22. The first-order valence-electron chi connectivity index (χ1n) is 5.74. The molecule has 4 N–H and O–H groups in total. The Hall–Kier alpha value is -1.89. The predicted octanol–water partition coefficient (Wildman–Crippen LogP) is 2.55. The summed E-state index contributed by atoms with van der Waals surface area (Å²) in [5.74, 6) is -0.607. The Labute approximate surface area is 124 Å². The molecule has 0 radical (unpaired) electrons. The molecule has 7 heteroatoms. The molecule has 104 valence electrons.